The molecule has 0 amide bonds. The summed E-state index contributed by atoms with van der Waals surface area (Å²) in [6, 6.07) is 0. The van der Waals surface area contributed by atoms with Gasteiger partial charge in [0, 0.05) is 0 Å². The normalized spacial score (nSPS) is 12.1. The molecule has 0 aliphatic rings. The molecule has 0 aromatic carbocycles. The van der Waals surface area contributed by atoms with E-state index in [2.05, 4.69) is 29.5 Å². The van der Waals surface area contributed by atoms with Gasteiger partial charge in [-0.25, -0.2) is 0 Å². The van der Waals surface area contributed by atoms with E-state index >= 15 is 0 Å². The molecule has 2 heteroatoms. The largest absolute Gasteiger partial charge is 0.392 e. The summed E-state index contributed by atoms with van der Waals surface area (Å²) in [7, 11) is 0. The molecule has 0 aliphatic carbocycles. The SMILES string of the molecule is CC/C(I)=C\CO. The highest BCUT2D eigenvalue weighted by atomic mass is 127. The van der Waals surface area contributed by atoms with Gasteiger partial charge in [-0.05, 0) is 38.7 Å². The number of hydrogen-bond acceptors (Lipinski definition) is 1. The van der Waals surface area contributed by atoms with Crippen LogP contribution in [0.15, 0.2) is 9.66 Å². The maximum Gasteiger partial charge on any atom is 0.0622 e. The summed E-state index contributed by atoms with van der Waals surface area (Å²) in [5.74, 6) is 0. The van der Waals surface area contributed by atoms with Gasteiger partial charge in [0.2, 0.25) is 0 Å². The van der Waals surface area contributed by atoms with Gasteiger partial charge < -0.3 is 5.11 Å². The van der Waals surface area contributed by atoms with E-state index in [4.69, 9.17) is 5.11 Å². The Morgan fingerprint density at radius 3 is 2.57 bits per heavy atom. The van der Waals surface area contributed by atoms with E-state index in [1.54, 1.807) is 6.08 Å². The van der Waals surface area contributed by atoms with Crippen LogP contribution in [-0.4, -0.2) is 11.7 Å². The minimum absolute atomic E-state index is 0.173. The first-order valence-electron chi connectivity index (χ1n) is 2.26. The summed E-state index contributed by atoms with van der Waals surface area (Å²) < 4.78 is 1.22. The molecule has 0 saturated carbocycles. The number of allylic oxidation sites excluding steroid dienone is 1. The van der Waals surface area contributed by atoms with Crippen LogP contribution in [0.1, 0.15) is 13.3 Å². The summed E-state index contributed by atoms with van der Waals surface area (Å²) >= 11 is 2.21. The highest BCUT2D eigenvalue weighted by Crippen LogP contribution is 2.07. The minimum Gasteiger partial charge on any atom is -0.392 e. The Balaban J connectivity index is 3.29. The standard InChI is InChI=1S/C5H9IO/c1-2-5(6)3-4-7/h3,7H,2,4H2,1H3/b5-3+. The summed E-state index contributed by atoms with van der Waals surface area (Å²) in [5.41, 5.74) is 0. The molecule has 42 valence electrons. The van der Waals surface area contributed by atoms with Crippen molar-refractivity contribution in [2.45, 2.75) is 13.3 Å². The fourth-order valence-corrected chi connectivity index (χ4v) is 0.440. The molecular weight excluding hydrogens is 203 g/mol. The van der Waals surface area contributed by atoms with E-state index in [1.165, 1.54) is 3.58 Å². The Hall–Kier alpha value is 0.430. The van der Waals surface area contributed by atoms with Crippen LogP contribution >= 0.6 is 22.6 Å². The van der Waals surface area contributed by atoms with Gasteiger partial charge in [0.15, 0.2) is 0 Å². The molecule has 7 heavy (non-hydrogen) atoms. The molecule has 0 unspecified atom stereocenters. The number of halogens is 1. The van der Waals surface area contributed by atoms with E-state index in [-0.39, 0.29) is 6.61 Å². The lowest BCUT2D eigenvalue weighted by atomic mass is 10.4. The van der Waals surface area contributed by atoms with Crippen molar-refractivity contribution in [1.29, 1.82) is 0 Å². The van der Waals surface area contributed by atoms with Gasteiger partial charge in [-0.1, -0.05) is 6.92 Å². The van der Waals surface area contributed by atoms with E-state index in [9.17, 15) is 0 Å². The number of rotatable bonds is 2. The molecule has 0 rings (SSSR count). The molecule has 0 aliphatic heterocycles. The van der Waals surface area contributed by atoms with Crippen LogP contribution in [0.2, 0.25) is 0 Å². The number of aliphatic hydroxyl groups excluding tert-OH is 1. The van der Waals surface area contributed by atoms with Crippen LogP contribution in [0, 0.1) is 0 Å². The first-order valence-corrected chi connectivity index (χ1v) is 3.34. The molecule has 0 radical (unpaired) electrons. The molecule has 0 fully saturated rings. The van der Waals surface area contributed by atoms with Gasteiger partial charge in [-0.15, -0.1) is 0 Å². The molecule has 0 spiro atoms. The average Bonchev–Trinajstić information content (AvgIpc) is 1.68. The van der Waals surface area contributed by atoms with Gasteiger partial charge in [0.25, 0.3) is 0 Å². The van der Waals surface area contributed by atoms with Gasteiger partial charge in [0.1, 0.15) is 0 Å². The molecule has 1 nitrogen and oxygen atoms in total. The third-order valence-electron chi connectivity index (χ3n) is 0.651. The molecule has 0 heterocycles. The zero-order chi connectivity index (χ0) is 5.70. The van der Waals surface area contributed by atoms with Crippen molar-refractivity contribution >= 4 is 22.6 Å². The fraction of sp³-hybridized carbons (Fsp3) is 0.600. The quantitative estimate of drug-likeness (QED) is 0.690. The molecule has 1 N–H and O–H groups in total. The lowest BCUT2D eigenvalue weighted by molar-refractivity contribution is 0.342. The summed E-state index contributed by atoms with van der Waals surface area (Å²) in [4.78, 5) is 0. The predicted molar refractivity (Wildman–Crippen MR) is 39.5 cm³/mol. The molecule has 0 atom stereocenters. The Morgan fingerprint density at radius 2 is 2.43 bits per heavy atom. The third kappa shape index (κ3) is 4.28. The van der Waals surface area contributed by atoms with Crippen molar-refractivity contribution in [1.82, 2.24) is 0 Å². The van der Waals surface area contributed by atoms with Crippen molar-refractivity contribution in [3.63, 3.8) is 0 Å². The van der Waals surface area contributed by atoms with E-state index < -0.39 is 0 Å². The highest BCUT2D eigenvalue weighted by molar-refractivity contribution is 14.1. The van der Waals surface area contributed by atoms with Crippen LogP contribution in [0.3, 0.4) is 0 Å². The molecule has 0 aromatic rings. The highest BCUT2D eigenvalue weighted by Gasteiger charge is 1.79. The monoisotopic (exact) mass is 212 g/mol. The summed E-state index contributed by atoms with van der Waals surface area (Å²) in [6.45, 7) is 2.24. The molecule has 0 saturated heterocycles. The maximum absolute atomic E-state index is 8.29. The van der Waals surface area contributed by atoms with Crippen LogP contribution in [-0.2, 0) is 0 Å². The minimum atomic E-state index is 0.173. The van der Waals surface area contributed by atoms with Gasteiger partial charge in [0.05, 0.1) is 6.61 Å². The van der Waals surface area contributed by atoms with Crippen molar-refractivity contribution in [2.75, 3.05) is 6.61 Å². The van der Waals surface area contributed by atoms with Crippen LogP contribution in [0.5, 0.6) is 0 Å². The second-order valence-corrected chi connectivity index (χ2v) is 2.57. The zero-order valence-electron chi connectivity index (χ0n) is 4.32. The van der Waals surface area contributed by atoms with Crippen molar-refractivity contribution in [3.8, 4) is 0 Å². The maximum atomic E-state index is 8.29. The van der Waals surface area contributed by atoms with Gasteiger partial charge in [-0.3, -0.25) is 0 Å². The topological polar surface area (TPSA) is 20.2 Å². The predicted octanol–water partition coefficient (Wildman–Crippen LogP) is 1.71. The van der Waals surface area contributed by atoms with Crippen molar-refractivity contribution < 1.29 is 5.11 Å². The fourth-order valence-electron chi connectivity index (χ4n) is 0.243. The van der Waals surface area contributed by atoms with Crippen molar-refractivity contribution in [2.24, 2.45) is 0 Å². The number of aliphatic hydroxyl groups is 1. The van der Waals surface area contributed by atoms with E-state index in [1.807, 2.05) is 0 Å². The Morgan fingerprint density at radius 1 is 1.86 bits per heavy atom. The third-order valence-corrected chi connectivity index (χ3v) is 1.85. The van der Waals surface area contributed by atoms with E-state index in [0.29, 0.717) is 0 Å². The zero-order valence-corrected chi connectivity index (χ0v) is 6.47. The lowest BCUT2D eigenvalue weighted by Crippen LogP contribution is -1.72. The second-order valence-electron chi connectivity index (χ2n) is 1.19. The molecule has 0 bridgehead atoms. The van der Waals surface area contributed by atoms with Gasteiger partial charge >= 0.3 is 0 Å². The van der Waals surface area contributed by atoms with Crippen LogP contribution in [0.25, 0.3) is 0 Å². The molecular formula is C5H9IO. The molecule has 0 aromatic heterocycles. The van der Waals surface area contributed by atoms with E-state index in [0.717, 1.165) is 6.42 Å². The first-order chi connectivity index (χ1) is 3.31. The summed E-state index contributed by atoms with van der Waals surface area (Å²) in [5, 5.41) is 8.29. The Labute approximate surface area is 57.6 Å². The lowest BCUT2D eigenvalue weighted by Gasteiger charge is -1.85. The van der Waals surface area contributed by atoms with Crippen LogP contribution < -0.4 is 0 Å². The Kier molecular flexibility index (Phi) is 4.87. The smallest absolute Gasteiger partial charge is 0.0622 e. The Bertz CT molecular complexity index is 68.5. The number of hydrogen-bond donors (Lipinski definition) is 1. The second kappa shape index (κ2) is 4.59. The van der Waals surface area contributed by atoms with Crippen LogP contribution in [0.4, 0.5) is 0 Å². The summed E-state index contributed by atoms with van der Waals surface area (Å²) in [6.07, 6.45) is 2.84. The van der Waals surface area contributed by atoms with Crippen molar-refractivity contribution in [3.05, 3.63) is 9.66 Å². The van der Waals surface area contributed by atoms with Gasteiger partial charge in [-0.2, -0.15) is 0 Å². The first kappa shape index (κ1) is 7.43. The average molecular weight is 212 g/mol.